The van der Waals surface area contributed by atoms with Crippen molar-refractivity contribution >= 4 is 17.7 Å². The fourth-order valence-electron chi connectivity index (χ4n) is 2.17. The minimum Gasteiger partial charge on any atom is -0.465 e. The van der Waals surface area contributed by atoms with E-state index in [1.165, 1.54) is 0 Å². The lowest BCUT2D eigenvalue weighted by atomic mass is 10.00. The van der Waals surface area contributed by atoms with Crippen molar-refractivity contribution in [1.82, 2.24) is 0 Å². The maximum absolute atomic E-state index is 11.7. The van der Waals surface area contributed by atoms with Crippen LogP contribution in [-0.2, 0) is 14.3 Å². The predicted octanol–water partition coefficient (Wildman–Crippen LogP) is 0.931. The summed E-state index contributed by atoms with van der Waals surface area (Å²) in [4.78, 5) is 11.7. The molecule has 1 heterocycles. The van der Waals surface area contributed by atoms with E-state index in [9.17, 15) is 4.79 Å². The van der Waals surface area contributed by atoms with Crippen molar-refractivity contribution in [1.29, 1.82) is 0 Å². The molecule has 2 fully saturated rings. The molecule has 1 aliphatic carbocycles. The second kappa shape index (κ2) is 4.94. The van der Waals surface area contributed by atoms with Crippen molar-refractivity contribution in [3.63, 3.8) is 0 Å². The maximum Gasteiger partial charge on any atom is 0.326 e. The molecule has 0 amide bonds. The molecular formula is C11H19NO3S. The normalized spacial score (nSPS) is 34.8. The number of esters is 1. The molecule has 0 aromatic rings. The van der Waals surface area contributed by atoms with Gasteiger partial charge < -0.3 is 15.2 Å². The molecule has 0 aromatic heterocycles. The van der Waals surface area contributed by atoms with Gasteiger partial charge in [-0.15, -0.1) is 0 Å². The average molecular weight is 245 g/mol. The Balaban J connectivity index is 1.82. The van der Waals surface area contributed by atoms with Crippen LogP contribution in [0.15, 0.2) is 0 Å². The van der Waals surface area contributed by atoms with Crippen LogP contribution in [0, 0.1) is 0 Å². The van der Waals surface area contributed by atoms with Crippen molar-refractivity contribution < 1.29 is 14.3 Å². The first kappa shape index (κ1) is 12.2. The standard InChI is InChI=1S/C11H19NO3S/c1-2-15-10(13)11(12)4-3-8(5-11)16-9-6-14-7-9/h8-9H,2-7,12H2,1H3. The van der Waals surface area contributed by atoms with Crippen LogP contribution in [-0.4, -0.2) is 41.8 Å². The Morgan fingerprint density at radius 1 is 1.56 bits per heavy atom. The summed E-state index contributed by atoms with van der Waals surface area (Å²) in [6.45, 7) is 3.91. The molecule has 16 heavy (non-hydrogen) atoms. The smallest absolute Gasteiger partial charge is 0.326 e. The SMILES string of the molecule is CCOC(=O)C1(N)CCC(SC2COC2)C1. The number of carbonyl (C=O) groups is 1. The lowest BCUT2D eigenvalue weighted by molar-refractivity contribution is -0.149. The fraction of sp³-hybridized carbons (Fsp3) is 0.909. The molecule has 2 aliphatic rings. The maximum atomic E-state index is 11.7. The number of hydrogen-bond acceptors (Lipinski definition) is 5. The third kappa shape index (κ3) is 2.52. The van der Waals surface area contributed by atoms with Crippen LogP contribution in [0.25, 0.3) is 0 Å². The van der Waals surface area contributed by atoms with Crippen LogP contribution in [0.2, 0.25) is 0 Å². The molecule has 0 bridgehead atoms. The molecule has 2 unspecified atom stereocenters. The first-order valence-electron chi connectivity index (χ1n) is 5.83. The van der Waals surface area contributed by atoms with Gasteiger partial charge in [-0.2, -0.15) is 11.8 Å². The topological polar surface area (TPSA) is 61.5 Å². The van der Waals surface area contributed by atoms with Crippen LogP contribution < -0.4 is 5.73 Å². The molecule has 0 spiro atoms. The Kier molecular flexibility index (Phi) is 3.77. The Bertz CT molecular complexity index is 270. The van der Waals surface area contributed by atoms with Crippen LogP contribution in [0.4, 0.5) is 0 Å². The molecule has 0 aromatic carbocycles. The van der Waals surface area contributed by atoms with Gasteiger partial charge >= 0.3 is 5.97 Å². The van der Waals surface area contributed by atoms with Crippen LogP contribution in [0.3, 0.4) is 0 Å². The van der Waals surface area contributed by atoms with E-state index in [0.29, 0.717) is 17.1 Å². The van der Waals surface area contributed by atoms with Gasteiger partial charge in [0, 0.05) is 5.25 Å². The van der Waals surface area contributed by atoms with Gasteiger partial charge in [-0.05, 0) is 26.2 Å². The summed E-state index contributed by atoms with van der Waals surface area (Å²) in [6.07, 6.45) is 2.50. The van der Waals surface area contributed by atoms with E-state index in [4.69, 9.17) is 15.2 Å². The van der Waals surface area contributed by atoms with E-state index in [1.54, 1.807) is 0 Å². The van der Waals surface area contributed by atoms with Gasteiger partial charge in [0.15, 0.2) is 0 Å². The van der Waals surface area contributed by atoms with E-state index in [0.717, 1.165) is 32.5 Å². The zero-order valence-electron chi connectivity index (χ0n) is 9.61. The van der Waals surface area contributed by atoms with Crippen LogP contribution in [0.1, 0.15) is 26.2 Å². The number of ether oxygens (including phenoxy) is 2. The summed E-state index contributed by atoms with van der Waals surface area (Å²) in [5.41, 5.74) is 5.36. The lowest BCUT2D eigenvalue weighted by Crippen LogP contribution is -2.47. The summed E-state index contributed by atoms with van der Waals surface area (Å²) in [6, 6.07) is 0. The first-order valence-corrected chi connectivity index (χ1v) is 6.77. The zero-order chi connectivity index (χ0) is 11.6. The molecule has 92 valence electrons. The van der Waals surface area contributed by atoms with Gasteiger partial charge in [-0.1, -0.05) is 0 Å². The predicted molar refractivity (Wildman–Crippen MR) is 63.4 cm³/mol. The molecule has 1 saturated heterocycles. The third-order valence-corrected chi connectivity index (χ3v) is 4.62. The highest BCUT2D eigenvalue weighted by Gasteiger charge is 2.44. The van der Waals surface area contributed by atoms with E-state index in [-0.39, 0.29) is 5.97 Å². The van der Waals surface area contributed by atoms with Gasteiger partial charge in [0.25, 0.3) is 0 Å². The van der Waals surface area contributed by atoms with Gasteiger partial charge in [0.05, 0.1) is 25.1 Å². The summed E-state index contributed by atoms with van der Waals surface area (Å²) >= 11 is 1.92. The Morgan fingerprint density at radius 2 is 2.31 bits per heavy atom. The molecule has 2 N–H and O–H groups in total. The second-order valence-corrected chi connectivity index (χ2v) is 6.14. The molecule has 0 radical (unpaired) electrons. The monoisotopic (exact) mass is 245 g/mol. The molecule has 1 saturated carbocycles. The van der Waals surface area contributed by atoms with Gasteiger partial charge in [0.2, 0.25) is 0 Å². The summed E-state index contributed by atoms with van der Waals surface area (Å²) in [5, 5.41) is 1.10. The van der Waals surface area contributed by atoms with Crippen LogP contribution >= 0.6 is 11.8 Å². The van der Waals surface area contributed by atoms with Crippen LogP contribution in [0.5, 0.6) is 0 Å². The van der Waals surface area contributed by atoms with E-state index >= 15 is 0 Å². The first-order chi connectivity index (χ1) is 7.64. The largest absolute Gasteiger partial charge is 0.465 e. The van der Waals surface area contributed by atoms with E-state index < -0.39 is 5.54 Å². The van der Waals surface area contributed by atoms with Gasteiger partial charge in [0.1, 0.15) is 5.54 Å². The van der Waals surface area contributed by atoms with Crippen molar-refractivity contribution in [3.8, 4) is 0 Å². The Morgan fingerprint density at radius 3 is 2.88 bits per heavy atom. The second-order valence-electron chi connectivity index (χ2n) is 4.54. The van der Waals surface area contributed by atoms with Crippen molar-refractivity contribution in [2.24, 2.45) is 5.73 Å². The highest BCUT2D eigenvalue weighted by Crippen LogP contribution is 2.39. The van der Waals surface area contributed by atoms with Crippen molar-refractivity contribution in [2.45, 2.75) is 42.2 Å². The lowest BCUT2D eigenvalue weighted by Gasteiger charge is -2.28. The Hall–Kier alpha value is -0.260. The van der Waals surface area contributed by atoms with Crippen molar-refractivity contribution in [3.05, 3.63) is 0 Å². The molecule has 1 aliphatic heterocycles. The van der Waals surface area contributed by atoms with Crippen molar-refractivity contribution in [2.75, 3.05) is 19.8 Å². The summed E-state index contributed by atoms with van der Waals surface area (Å²) in [5.74, 6) is -0.233. The number of hydrogen-bond donors (Lipinski definition) is 1. The summed E-state index contributed by atoms with van der Waals surface area (Å²) in [7, 11) is 0. The minimum atomic E-state index is -0.738. The fourth-order valence-corrected chi connectivity index (χ4v) is 3.71. The number of thioether (sulfide) groups is 1. The molecule has 4 nitrogen and oxygen atoms in total. The van der Waals surface area contributed by atoms with E-state index in [1.807, 2.05) is 18.7 Å². The number of carbonyl (C=O) groups excluding carboxylic acids is 1. The highest BCUT2D eigenvalue weighted by atomic mass is 32.2. The minimum absolute atomic E-state index is 0.233. The van der Waals surface area contributed by atoms with Gasteiger partial charge in [-0.25, -0.2) is 0 Å². The third-order valence-electron chi connectivity index (χ3n) is 3.18. The van der Waals surface area contributed by atoms with Gasteiger partial charge in [-0.3, -0.25) is 4.79 Å². The number of nitrogens with two attached hydrogens (primary N) is 1. The number of rotatable bonds is 4. The Labute approximate surface area is 100 Å². The van der Waals surface area contributed by atoms with E-state index in [2.05, 4.69) is 0 Å². The highest BCUT2D eigenvalue weighted by molar-refractivity contribution is 8.00. The average Bonchev–Trinajstić information content (AvgIpc) is 2.56. The molecule has 5 heteroatoms. The molecule has 2 atom stereocenters. The zero-order valence-corrected chi connectivity index (χ0v) is 10.4. The molecule has 2 rings (SSSR count). The molecular weight excluding hydrogens is 226 g/mol. The quantitative estimate of drug-likeness (QED) is 0.747. The summed E-state index contributed by atoms with van der Waals surface area (Å²) < 4.78 is 10.2.